The first-order chi connectivity index (χ1) is 9.90. The molecule has 6 heteroatoms. The molecule has 1 atom stereocenters. The van der Waals surface area contributed by atoms with Crippen LogP contribution in [0.15, 0.2) is 24.3 Å². The highest BCUT2D eigenvalue weighted by Crippen LogP contribution is 2.31. The number of carboxylic acid groups (broad SMARTS) is 1. The largest absolute Gasteiger partial charge is 0.480 e. The molecule has 1 fully saturated rings. The molecule has 0 radical (unpaired) electrons. The Balaban J connectivity index is 2.22. The molecule has 1 heterocycles. The maximum Gasteiger partial charge on any atom is 0.329 e. The monoisotopic (exact) mass is 287 g/mol. The first-order valence-electron chi connectivity index (χ1n) is 6.69. The molecule has 1 aromatic carbocycles. The van der Waals surface area contributed by atoms with Crippen molar-refractivity contribution < 1.29 is 14.7 Å². The molecule has 0 aliphatic carbocycles. The van der Waals surface area contributed by atoms with E-state index >= 15 is 0 Å². The van der Waals surface area contributed by atoms with Gasteiger partial charge < -0.3 is 10.0 Å². The molecular formula is C15H17N3O3. The zero-order chi connectivity index (χ0) is 15.6. The Labute approximate surface area is 123 Å². The van der Waals surface area contributed by atoms with Gasteiger partial charge in [0.15, 0.2) is 0 Å². The van der Waals surface area contributed by atoms with Crippen LogP contribution in [0.5, 0.6) is 0 Å². The van der Waals surface area contributed by atoms with Crippen LogP contribution < -0.4 is 4.90 Å². The Bertz CT molecular complexity index is 606. The fraction of sp³-hybridized carbons (Fsp3) is 0.400. The van der Waals surface area contributed by atoms with Crippen LogP contribution in [0.4, 0.5) is 10.5 Å². The summed E-state index contributed by atoms with van der Waals surface area (Å²) in [6, 6.07) is 8.26. The van der Waals surface area contributed by atoms with Crippen molar-refractivity contribution in [2.45, 2.75) is 25.3 Å². The van der Waals surface area contributed by atoms with Gasteiger partial charge in [0.2, 0.25) is 0 Å². The normalized spacial score (nSPS) is 20.9. The van der Waals surface area contributed by atoms with Gasteiger partial charge in [-0.15, -0.1) is 0 Å². The minimum Gasteiger partial charge on any atom is -0.480 e. The molecule has 1 unspecified atom stereocenters. The molecule has 2 rings (SSSR count). The van der Waals surface area contributed by atoms with Crippen LogP contribution in [0.3, 0.4) is 0 Å². The average molecular weight is 287 g/mol. The number of nitriles is 1. The van der Waals surface area contributed by atoms with Crippen LogP contribution in [-0.4, -0.2) is 41.1 Å². The summed E-state index contributed by atoms with van der Waals surface area (Å²) in [5.74, 6) is -0.985. The molecule has 0 saturated carbocycles. The minimum atomic E-state index is -1.15. The second kappa shape index (κ2) is 5.44. The molecule has 0 bridgehead atoms. The molecule has 1 saturated heterocycles. The van der Waals surface area contributed by atoms with E-state index in [1.165, 1.54) is 9.80 Å². The highest BCUT2D eigenvalue weighted by Gasteiger charge is 2.46. The van der Waals surface area contributed by atoms with Crippen molar-refractivity contribution in [2.24, 2.45) is 0 Å². The summed E-state index contributed by atoms with van der Waals surface area (Å²) in [6.45, 7) is 2.01. The summed E-state index contributed by atoms with van der Waals surface area (Å²) in [6.07, 6.45) is 1.13. The molecule has 6 nitrogen and oxygen atoms in total. The van der Waals surface area contributed by atoms with Crippen molar-refractivity contribution >= 4 is 17.7 Å². The second-order valence-corrected chi connectivity index (χ2v) is 5.33. The Morgan fingerprint density at radius 1 is 1.38 bits per heavy atom. The maximum atomic E-state index is 12.5. The van der Waals surface area contributed by atoms with Gasteiger partial charge in [0.25, 0.3) is 0 Å². The van der Waals surface area contributed by atoms with Gasteiger partial charge in [-0.1, -0.05) is 0 Å². The van der Waals surface area contributed by atoms with Gasteiger partial charge >= 0.3 is 12.0 Å². The van der Waals surface area contributed by atoms with Crippen LogP contribution >= 0.6 is 0 Å². The third-order valence-electron chi connectivity index (χ3n) is 4.00. The fourth-order valence-corrected chi connectivity index (χ4v) is 2.54. The summed E-state index contributed by atoms with van der Waals surface area (Å²) in [4.78, 5) is 26.8. The molecule has 1 N–H and O–H groups in total. The smallest absolute Gasteiger partial charge is 0.329 e. The van der Waals surface area contributed by atoms with E-state index in [4.69, 9.17) is 5.26 Å². The third-order valence-corrected chi connectivity index (χ3v) is 4.00. The van der Waals surface area contributed by atoms with Crippen molar-refractivity contribution in [3.05, 3.63) is 29.8 Å². The number of nitrogens with zero attached hydrogens (tertiary/aromatic N) is 3. The number of benzene rings is 1. The van der Waals surface area contributed by atoms with E-state index in [-0.39, 0.29) is 6.03 Å². The molecule has 2 amide bonds. The Morgan fingerprint density at radius 2 is 2.00 bits per heavy atom. The first kappa shape index (κ1) is 14.9. The maximum absolute atomic E-state index is 12.5. The molecule has 0 spiro atoms. The fourth-order valence-electron chi connectivity index (χ4n) is 2.54. The molecule has 110 valence electrons. The van der Waals surface area contributed by atoms with Crippen molar-refractivity contribution in [1.29, 1.82) is 5.26 Å². The number of carboxylic acids is 1. The van der Waals surface area contributed by atoms with Crippen LogP contribution in [0.1, 0.15) is 25.3 Å². The first-order valence-corrected chi connectivity index (χ1v) is 6.69. The second-order valence-electron chi connectivity index (χ2n) is 5.33. The molecule has 0 aromatic heterocycles. The number of hydrogen-bond acceptors (Lipinski definition) is 3. The lowest BCUT2D eigenvalue weighted by atomic mass is 10.00. The summed E-state index contributed by atoms with van der Waals surface area (Å²) < 4.78 is 0. The average Bonchev–Trinajstić information content (AvgIpc) is 2.89. The van der Waals surface area contributed by atoms with E-state index < -0.39 is 11.5 Å². The number of carbonyl (C=O) groups is 2. The van der Waals surface area contributed by atoms with Crippen LogP contribution in [0.25, 0.3) is 0 Å². The predicted molar refractivity (Wildman–Crippen MR) is 76.9 cm³/mol. The van der Waals surface area contributed by atoms with Crippen LogP contribution in [0.2, 0.25) is 0 Å². The van der Waals surface area contributed by atoms with Gasteiger partial charge in [0.1, 0.15) is 5.54 Å². The van der Waals surface area contributed by atoms with Crippen molar-refractivity contribution in [2.75, 3.05) is 18.5 Å². The molecular weight excluding hydrogens is 270 g/mol. The topological polar surface area (TPSA) is 84.6 Å². The number of carbonyl (C=O) groups excluding carboxylic acids is 1. The summed E-state index contributed by atoms with van der Waals surface area (Å²) in [7, 11) is 1.60. The standard InChI is InChI=1S/C15H17N3O3/c1-15(13(19)20)8-3-9-18(15)14(21)17(2)12-6-4-11(10-16)5-7-12/h4-7H,3,8-9H2,1-2H3,(H,19,20). The molecule has 21 heavy (non-hydrogen) atoms. The minimum absolute atomic E-state index is 0.345. The number of hydrogen-bond donors (Lipinski definition) is 1. The van der Waals surface area contributed by atoms with Gasteiger partial charge in [-0.3, -0.25) is 4.90 Å². The van der Waals surface area contributed by atoms with Crippen molar-refractivity contribution in [3.8, 4) is 6.07 Å². The van der Waals surface area contributed by atoms with Gasteiger partial charge in [0, 0.05) is 19.3 Å². The Kier molecular flexibility index (Phi) is 3.85. The molecule has 1 aromatic rings. The number of urea groups is 1. The lowest BCUT2D eigenvalue weighted by Gasteiger charge is -2.34. The van der Waals surface area contributed by atoms with Gasteiger partial charge in [-0.25, -0.2) is 9.59 Å². The van der Waals surface area contributed by atoms with Crippen LogP contribution in [-0.2, 0) is 4.79 Å². The number of anilines is 1. The zero-order valence-corrected chi connectivity index (χ0v) is 12.0. The quantitative estimate of drug-likeness (QED) is 0.902. The van der Waals surface area contributed by atoms with E-state index in [1.807, 2.05) is 6.07 Å². The van der Waals surface area contributed by atoms with Gasteiger partial charge in [-0.05, 0) is 44.0 Å². The van der Waals surface area contributed by atoms with E-state index in [0.29, 0.717) is 30.6 Å². The number of likely N-dealkylation sites (tertiary alicyclic amines) is 1. The molecule has 1 aliphatic heterocycles. The lowest BCUT2D eigenvalue weighted by Crippen LogP contribution is -2.54. The summed E-state index contributed by atoms with van der Waals surface area (Å²) in [5.41, 5.74) is -0.0208. The van der Waals surface area contributed by atoms with Crippen LogP contribution in [0, 0.1) is 11.3 Å². The van der Waals surface area contributed by atoms with Gasteiger partial charge in [-0.2, -0.15) is 5.26 Å². The Morgan fingerprint density at radius 3 is 2.52 bits per heavy atom. The van der Waals surface area contributed by atoms with E-state index in [9.17, 15) is 14.7 Å². The summed E-state index contributed by atoms with van der Waals surface area (Å²) in [5, 5.41) is 18.1. The number of aliphatic carboxylic acids is 1. The highest BCUT2D eigenvalue weighted by atomic mass is 16.4. The Hall–Kier alpha value is -2.55. The zero-order valence-electron chi connectivity index (χ0n) is 12.0. The SMILES string of the molecule is CN(C(=O)N1CCCC1(C)C(=O)O)c1ccc(C#N)cc1. The lowest BCUT2D eigenvalue weighted by molar-refractivity contribution is -0.147. The highest BCUT2D eigenvalue weighted by molar-refractivity contribution is 5.95. The van der Waals surface area contributed by atoms with E-state index in [1.54, 1.807) is 38.2 Å². The van der Waals surface area contributed by atoms with Crippen molar-refractivity contribution in [3.63, 3.8) is 0 Å². The molecule has 1 aliphatic rings. The van der Waals surface area contributed by atoms with E-state index in [0.717, 1.165) is 0 Å². The number of amides is 2. The summed E-state index contributed by atoms with van der Waals surface area (Å²) >= 11 is 0. The number of rotatable bonds is 2. The predicted octanol–water partition coefficient (Wildman–Crippen LogP) is 2.05. The van der Waals surface area contributed by atoms with Gasteiger partial charge in [0.05, 0.1) is 11.6 Å². The third kappa shape index (κ3) is 2.55. The van der Waals surface area contributed by atoms with E-state index in [2.05, 4.69) is 0 Å². The van der Waals surface area contributed by atoms with Crippen molar-refractivity contribution in [1.82, 2.24) is 4.90 Å².